The number of carbonyl (C=O) groups is 2. The molecule has 8 heteroatoms. The van der Waals surface area contributed by atoms with Gasteiger partial charge in [-0.05, 0) is 52.7 Å². The van der Waals surface area contributed by atoms with E-state index in [1.165, 1.54) is 31.0 Å². The zero-order chi connectivity index (χ0) is 21.5. The summed E-state index contributed by atoms with van der Waals surface area (Å²) in [4.78, 5) is 27.9. The second-order valence-electron chi connectivity index (χ2n) is 8.66. The smallest absolute Gasteiger partial charge is 0.250 e. The summed E-state index contributed by atoms with van der Waals surface area (Å²) >= 11 is 1.43. The Bertz CT molecular complexity index is 964. The summed E-state index contributed by atoms with van der Waals surface area (Å²) in [6.45, 7) is 7.42. The van der Waals surface area contributed by atoms with Gasteiger partial charge in [0.25, 0.3) is 0 Å². The highest BCUT2D eigenvalue weighted by Crippen LogP contribution is 2.39. The van der Waals surface area contributed by atoms with Crippen LogP contribution in [0.1, 0.15) is 64.7 Å². The molecular weight excluding hydrogens is 398 g/mol. The number of rotatable bonds is 4. The number of aryl methyl sites for hydroxylation is 1. The molecule has 2 amide bonds. The molecule has 1 aromatic heterocycles. The van der Waals surface area contributed by atoms with Crippen LogP contribution in [0.25, 0.3) is 0 Å². The number of anilines is 2. The third-order valence-corrected chi connectivity index (χ3v) is 7.18. The van der Waals surface area contributed by atoms with Crippen LogP contribution in [0.15, 0.2) is 29.4 Å². The minimum absolute atomic E-state index is 0.108. The second kappa shape index (κ2) is 8.06. The molecule has 2 heterocycles. The highest BCUT2D eigenvalue weighted by atomic mass is 32.2. The number of fused-ring (bicyclic) bond motifs is 1. The van der Waals surface area contributed by atoms with Crippen LogP contribution in [0.2, 0.25) is 0 Å². The maximum Gasteiger partial charge on any atom is 0.250 e. The number of benzene rings is 1. The van der Waals surface area contributed by atoms with E-state index >= 15 is 0 Å². The van der Waals surface area contributed by atoms with Gasteiger partial charge in [0.2, 0.25) is 11.8 Å². The number of hydrogen-bond donors (Lipinski definition) is 1. The van der Waals surface area contributed by atoms with Gasteiger partial charge in [-0.25, -0.2) is 0 Å². The van der Waals surface area contributed by atoms with Gasteiger partial charge >= 0.3 is 0 Å². The number of nitrogens with one attached hydrogen (secondary N) is 1. The van der Waals surface area contributed by atoms with Crippen LogP contribution in [0.4, 0.5) is 11.4 Å². The third-order valence-electron chi connectivity index (χ3n) is 6.13. The van der Waals surface area contributed by atoms with Gasteiger partial charge in [0.15, 0.2) is 5.16 Å². The minimum atomic E-state index is -0.979. The molecule has 1 atom stereocenters. The Morgan fingerprint density at radius 1 is 1.20 bits per heavy atom. The first-order chi connectivity index (χ1) is 14.3. The fourth-order valence-corrected chi connectivity index (χ4v) is 5.43. The first-order valence-corrected chi connectivity index (χ1v) is 11.5. The standard InChI is InChI=1S/C22H29N5O2S/c1-14(30-21-25-24-15(2)26(21)16-10-6-5-7-11-16)19(28)27-18-13-9-8-12-17(18)23-20(29)22(27,3)4/h8-9,12-14,16H,5-7,10-11H2,1-4H3,(H,23,29)/t14-/m1/s1. The van der Waals surface area contributed by atoms with Crippen LogP contribution in [0, 0.1) is 6.92 Å². The number of amides is 2. The SMILES string of the molecule is Cc1nnc(S[C@H](C)C(=O)N2c3ccccc3NC(=O)C2(C)C)n1C1CCCCC1. The van der Waals surface area contributed by atoms with Crippen LogP contribution in [0.5, 0.6) is 0 Å². The van der Waals surface area contributed by atoms with Crippen LogP contribution in [-0.2, 0) is 9.59 Å². The van der Waals surface area contributed by atoms with E-state index in [1.54, 1.807) is 18.7 Å². The van der Waals surface area contributed by atoms with Gasteiger partial charge in [-0.1, -0.05) is 43.2 Å². The van der Waals surface area contributed by atoms with Crippen molar-refractivity contribution < 1.29 is 9.59 Å². The van der Waals surface area contributed by atoms with Gasteiger partial charge in [0, 0.05) is 6.04 Å². The van der Waals surface area contributed by atoms with Crippen LogP contribution >= 0.6 is 11.8 Å². The lowest BCUT2D eigenvalue weighted by Gasteiger charge is -2.43. The van der Waals surface area contributed by atoms with E-state index in [1.807, 2.05) is 38.1 Å². The first kappa shape index (κ1) is 20.9. The molecule has 160 valence electrons. The fourth-order valence-electron chi connectivity index (χ4n) is 4.43. The topological polar surface area (TPSA) is 80.1 Å². The fraction of sp³-hybridized carbons (Fsp3) is 0.545. The normalized spacial score (nSPS) is 19.9. The van der Waals surface area contributed by atoms with Crippen molar-refractivity contribution >= 4 is 35.0 Å². The zero-order valence-electron chi connectivity index (χ0n) is 18.0. The largest absolute Gasteiger partial charge is 0.322 e. The Labute approximate surface area is 181 Å². The molecule has 1 N–H and O–H groups in total. The summed E-state index contributed by atoms with van der Waals surface area (Å²) in [5.41, 5.74) is 0.408. The minimum Gasteiger partial charge on any atom is -0.322 e. The third kappa shape index (κ3) is 3.62. The van der Waals surface area contributed by atoms with Crippen molar-refractivity contribution in [2.45, 2.75) is 81.8 Å². The van der Waals surface area contributed by atoms with Crippen molar-refractivity contribution in [3.05, 3.63) is 30.1 Å². The molecule has 7 nitrogen and oxygen atoms in total. The molecule has 1 saturated carbocycles. The van der Waals surface area contributed by atoms with E-state index < -0.39 is 10.8 Å². The van der Waals surface area contributed by atoms with E-state index in [9.17, 15) is 9.59 Å². The van der Waals surface area contributed by atoms with Crippen molar-refractivity contribution in [3.8, 4) is 0 Å². The molecule has 0 radical (unpaired) electrons. The Kier molecular flexibility index (Phi) is 5.61. The lowest BCUT2D eigenvalue weighted by molar-refractivity contribution is -0.126. The average molecular weight is 428 g/mol. The van der Waals surface area contributed by atoms with Crippen molar-refractivity contribution in [1.82, 2.24) is 14.8 Å². The monoisotopic (exact) mass is 427 g/mol. The van der Waals surface area contributed by atoms with E-state index in [0.29, 0.717) is 11.7 Å². The number of thioether (sulfide) groups is 1. The van der Waals surface area contributed by atoms with E-state index in [2.05, 4.69) is 20.1 Å². The maximum atomic E-state index is 13.6. The molecule has 2 aliphatic rings. The van der Waals surface area contributed by atoms with Crippen molar-refractivity contribution in [2.75, 3.05) is 10.2 Å². The maximum absolute atomic E-state index is 13.6. The van der Waals surface area contributed by atoms with Crippen LogP contribution in [-0.4, -0.2) is 37.4 Å². The Balaban J connectivity index is 1.61. The Hall–Kier alpha value is -2.35. The Morgan fingerprint density at radius 2 is 1.90 bits per heavy atom. The average Bonchev–Trinajstić information content (AvgIpc) is 3.09. The van der Waals surface area contributed by atoms with Gasteiger partial charge in [-0.3, -0.25) is 14.5 Å². The summed E-state index contributed by atoms with van der Waals surface area (Å²) in [6.07, 6.45) is 5.97. The van der Waals surface area contributed by atoms with Crippen LogP contribution in [0.3, 0.4) is 0 Å². The zero-order valence-corrected chi connectivity index (χ0v) is 18.8. The molecular formula is C22H29N5O2S. The number of nitrogens with zero attached hydrogens (tertiary/aromatic N) is 4. The number of hydrogen-bond acceptors (Lipinski definition) is 5. The molecule has 2 aromatic rings. The summed E-state index contributed by atoms with van der Waals surface area (Å²) in [6, 6.07) is 7.84. The van der Waals surface area contributed by atoms with Gasteiger partial charge in [-0.2, -0.15) is 0 Å². The van der Waals surface area contributed by atoms with E-state index in [4.69, 9.17) is 0 Å². The quantitative estimate of drug-likeness (QED) is 0.735. The number of carbonyl (C=O) groups excluding carboxylic acids is 2. The van der Waals surface area contributed by atoms with Crippen molar-refractivity contribution in [2.24, 2.45) is 0 Å². The molecule has 1 aliphatic heterocycles. The lowest BCUT2D eigenvalue weighted by atomic mass is 9.95. The van der Waals surface area contributed by atoms with Crippen molar-refractivity contribution in [1.29, 1.82) is 0 Å². The molecule has 30 heavy (non-hydrogen) atoms. The Morgan fingerprint density at radius 3 is 2.63 bits per heavy atom. The highest BCUT2D eigenvalue weighted by Gasteiger charge is 2.45. The summed E-state index contributed by atoms with van der Waals surface area (Å²) in [5, 5.41) is 12.0. The molecule has 4 rings (SSSR count). The van der Waals surface area contributed by atoms with Gasteiger partial charge in [0.1, 0.15) is 11.4 Å². The molecule has 0 bridgehead atoms. The van der Waals surface area contributed by atoms with Gasteiger partial charge in [0.05, 0.1) is 16.6 Å². The number of aromatic nitrogens is 3. The van der Waals surface area contributed by atoms with Crippen molar-refractivity contribution in [3.63, 3.8) is 0 Å². The van der Waals surface area contributed by atoms with Gasteiger partial charge < -0.3 is 9.88 Å². The number of para-hydroxylation sites is 2. The summed E-state index contributed by atoms with van der Waals surface area (Å²) in [7, 11) is 0. The summed E-state index contributed by atoms with van der Waals surface area (Å²) in [5.74, 6) is 0.600. The van der Waals surface area contributed by atoms with Crippen LogP contribution < -0.4 is 10.2 Å². The lowest BCUT2D eigenvalue weighted by Crippen LogP contribution is -2.60. The molecule has 0 unspecified atom stereocenters. The predicted molar refractivity (Wildman–Crippen MR) is 119 cm³/mol. The molecule has 1 aliphatic carbocycles. The van der Waals surface area contributed by atoms with E-state index in [-0.39, 0.29) is 11.8 Å². The second-order valence-corrected chi connectivity index (χ2v) is 9.96. The molecule has 0 saturated heterocycles. The highest BCUT2D eigenvalue weighted by molar-refractivity contribution is 8.00. The molecule has 0 spiro atoms. The first-order valence-electron chi connectivity index (χ1n) is 10.6. The van der Waals surface area contributed by atoms with Gasteiger partial charge in [-0.15, -0.1) is 10.2 Å². The molecule has 1 fully saturated rings. The summed E-state index contributed by atoms with van der Waals surface area (Å²) < 4.78 is 2.20. The van der Waals surface area contributed by atoms with E-state index in [0.717, 1.165) is 29.5 Å². The molecule has 1 aromatic carbocycles. The predicted octanol–water partition coefficient (Wildman–Crippen LogP) is 4.34.